The van der Waals surface area contributed by atoms with Gasteiger partial charge >= 0.3 is 0 Å². The van der Waals surface area contributed by atoms with Crippen molar-refractivity contribution in [2.45, 2.75) is 0 Å². The lowest BCUT2D eigenvalue weighted by Gasteiger charge is -2.02. The van der Waals surface area contributed by atoms with Crippen LogP contribution in [0.5, 0.6) is 0 Å². The SMILES string of the molecule is Nc1nn(-c2ccccc2)c(N)c1/N=N/c1ccccc1. The quantitative estimate of drug-likeness (QED) is 0.718. The molecule has 6 nitrogen and oxygen atoms in total. The number of nitrogens with two attached hydrogens (primary N) is 2. The number of para-hydroxylation sites is 1. The van der Waals surface area contributed by atoms with Gasteiger partial charge in [-0.3, -0.25) is 0 Å². The van der Waals surface area contributed by atoms with E-state index in [1.165, 1.54) is 0 Å². The smallest absolute Gasteiger partial charge is 0.176 e. The molecule has 6 heteroatoms. The molecule has 104 valence electrons. The second-order valence-corrected chi connectivity index (χ2v) is 4.40. The van der Waals surface area contributed by atoms with Crippen LogP contribution in [0.1, 0.15) is 0 Å². The number of azo groups is 1. The van der Waals surface area contributed by atoms with Crippen LogP contribution in [0.2, 0.25) is 0 Å². The van der Waals surface area contributed by atoms with Crippen molar-refractivity contribution in [1.29, 1.82) is 0 Å². The van der Waals surface area contributed by atoms with Gasteiger partial charge in [0.15, 0.2) is 17.3 Å². The van der Waals surface area contributed by atoms with Crippen LogP contribution in [0, 0.1) is 0 Å². The Labute approximate surface area is 121 Å². The Balaban J connectivity index is 1.98. The van der Waals surface area contributed by atoms with Crippen molar-refractivity contribution in [2.24, 2.45) is 10.2 Å². The van der Waals surface area contributed by atoms with E-state index in [0.717, 1.165) is 11.4 Å². The van der Waals surface area contributed by atoms with Gasteiger partial charge in [0.1, 0.15) is 0 Å². The summed E-state index contributed by atoms with van der Waals surface area (Å²) in [6.07, 6.45) is 0. The number of anilines is 2. The summed E-state index contributed by atoms with van der Waals surface area (Å²) in [4.78, 5) is 0. The van der Waals surface area contributed by atoms with Crippen LogP contribution in [0.15, 0.2) is 70.9 Å². The number of rotatable bonds is 3. The van der Waals surface area contributed by atoms with Gasteiger partial charge in [0, 0.05) is 0 Å². The molecule has 0 fully saturated rings. The van der Waals surface area contributed by atoms with Gasteiger partial charge in [-0.1, -0.05) is 36.4 Å². The largest absolute Gasteiger partial charge is 0.382 e. The van der Waals surface area contributed by atoms with E-state index in [1.807, 2.05) is 60.7 Å². The number of nitrogens with zero attached hydrogens (tertiary/aromatic N) is 4. The molecule has 0 aliphatic heterocycles. The number of hydrogen-bond donors (Lipinski definition) is 2. The fourth-order valence-corrected chi connectivity index (χ4v) is 1.91. The Kier molecular flexibility index (Phi) is 3.34. The average Bonchev–Trinajstić information content (AvgIpc) is 2.82. The standard InChI is InChI=1S/C15H14N6/c16-14-13(19-18-11-7-3-1-4-8-11)15(17)21(20-14)12-9-5-2-6-10-12/h1-10H,17H2,(H2,16,20)/b19-18+. The molecule has 0 amide bonds. The van der Waals surface area contributed by atoms with Crippen molar-refractivity contribution < 1.29 is 0 Å². The van der Waals surface area contributed by atoms with Crippen LogP contribution >= 0.6 is 0 Å². The first-order chi connectivity index (χ1) is 10.3. The van der Waals surface area contributed by atoms with Crippen LogP contribution in [0.25, 0.3) is 5.69 Å². The molecule has 0 radical (unpaired) electrons. The van der Waals surface area contributed by atoms with Crippen molar-refractivity contribution in [3.05, 3.63) is 60.7 Å². The maximum absolute atomic E-state index is 6.07. The van der Waals surface area contributed by atoms with Gasteiger partial charge in [-0.05, 0) is 24.3 Å². The molecular formula is C15H14N6. The number of hydrogen-bond acceptors (Lipinski definition) is 5. The van der Waals surface area contributed by atoms with Crippen LogP contribution in [-0.2, 0) is 0 Å². The minimum Gasteiger partial charge on any atom is -0.382 e. The molecule has 3 aromatic rings. The van der Waals surface area contributed by atoms with E-state index < -0.39 is 0 Å². The summed E-state index contributed by atoms with van der Waals surface area (Å²) in [7, 11) is 0. The Morgan fingerprint density at radius 1 is 0.810 bits per heavy atom. The molecule has 0 spiro atoms. The zero-order valence-electron chi connectivity index (χ0n) is 11.2. The third kappa shape index (κ3) is 2.59. The summed E-state index contributed by atoms with van der Waals surface area (Å²) >= 11 is 0. The average molecular weight is 278 g/mol. The van der Waals surface area contributed by atoms with Gasteiger partial charge in [0.05, 0.1) is 11.4 Å². The van der Waals surface area contributed by atoms with Crippen molar-refractivity contribution in [1.82, 2.24) is 9.78 Å². The van der Waals surface area contributed by atoms with Crippen molar-refractivity contribution in [3.8, 4) is 5.69 Å². The van der Waals surface area contributed by atoms with Gasteiger partial charge in [-0.2, -0.15) is 5.11 Å². The Bertz CT molecular complexity index is 762. The third-order valence-corrected chi connectivity index (χ3v) is 2.94. The Morgan fingerprint density at radius 2 is 1.43 bits per heavy atom. The molecular weight excluding hydrogens is 264 g/mol. The number of aromatic nitrogens is 2. The van der Waals surface area contributed by atoms with Gasteiger partial charge in [0.25, 0.3) is 0 Å². The second-order valence-electron chi connectivity index (χ2n) is 4.40. The van der Waals surface area contributed by atoms with E-state index in [-0.39, 0.29) is 5.82 Å². The molecule has 3 rings (SSSR count). The molecule has 4 N–H and O–H groups in total. The third-order valence-electron chi connectivity index (χ3n) is 2.94. The fourth-order valence-electron chi connectivity index (χ4n) is 1.91. The minimum atomic E-state index is 0.246. The molecule has 1 aromatic heterocycles. The lowest BCUT2D eigenvalue weighted by Crippen LogP contribution is -2.01. The molecule has 0 bridgehead atoms. The molecule has 1 heterocycles. The number of nitrogen functional groups attached to an aromatic ring is 2. The molecule has 0 aliphatic rings. The molecule has 0 saturated heterocycles. The van der Waals surface area contributed by atoms with Gasteiger partial charge in [-0.15, -0.1) is 10.2 Å². The molecule has 0 unspecified atom stereocenters. The van der Waals surface area contributed by atoms with Crippen molar-refractivity contribution in [3.63, 3.8) is 0 Å². The van der Waals surface area contributed by atoms with E-state index in [2.05, 4.69) is 15.3 Å². The summed E-state index contributed by atoms with van der Waals surface area (Å²) in [5.41, 5.74) is 13.9. The first-order valence-electron chi connectivity index (χ1n) is 6.42. The highest BCUT2D eigenvalue weighted by atomic mass is 15.4. The molecule has 0 aliphatic carbocycles. The van der Waals surface area contributed by atoms with Crippen LogP contribution in [-0.4, -0.2) is 9.78 Å². The molecule has 21 heavy (non-hydrogen) atoms. The van der Waals surface area contributed by atoms with E-state index >= 15 is 0 Å². The summed E-state index contributed by atoms with van der Waals surface area (Å²) in [5, 5.41) is 12.4. The van der Waals surface area contributed by atoms with E-state index in [9.17, 15) is 0 Å². The van der Waals surface area contributed by atoms with E-state index in [4.69, 9.17) is 11.5 Å². The lowest BCUT2D eigenvalue weighted by atomic mass is 10.3. The topological polar surface area (TPSA) is 94.6 Å². The predicted molar refractivity (Wildman–Crippen MR) is 83.0 cm³/mol. The molecule has 0 atom stereocenters. The zero-order valence-corrected chi connectivity index (χ0v) is 11.2. The highest BCUT2D eigenvalue weighted by molar-refractivity contribution is 5.73. The number of benzene rings is 2. The van der Waals surface area contributed by atoms with Gasteiger partial charge < -0.3 is 11.5 Å². The summed E-state index contributed by atoms with van der Waals surface area (Å²) < 4.78 is 1.55. The van der Waals surface area contributed by atoms with Crippen molar-refractivity contribution >= 4 is 23.0 Å². The van der Waals surface area contributed by atoms with Gasteiger partial charge in [0.2, 0.25) is 0 Å². The van der Waals surface area contributed by atoms with Crippen LogP contribution < -0.4 is 11.5 Å². The molecule has 2 aromatic carbocycles. The monoisotopic (exact) mass is 278 g/mol. The highest BCUT2D eigenvalue weighted by Gasteiger charge is 2.14. The summed E-state index contributed by atoms with van der Waals surface area (Å²) in [5.74, 6) is 0.606. The first kappa shape index (κ1) is 12.9. The fraction of sp³-hybridized carbons (Fsp3) is 0. The minimum absolute atomic E-state index is 0.246. The first-order valence-corrected chi connectivity index (χ1v) is 6.42. The zero-order chi connectivity index (χ0) is 14.7. The van der Waals surface area contributed by atoms with Gasteiger partial charge in [-0.25, -0.2) is 4.68 Å². The van der Waals surface area contributed by atoms with E-state index in [0.29, 0.717) is 11.5 Å². The molecule has 0 saturated carbocycles. The summed E-state index contributed by atoms with van der Waals surface area (Å²) in [6, 6.07) is 18.9. The Morgan fingerprint density at radius 3 is 2.10 bits per heavy atom. The van der Waals surface area contributed by atoms with Crippen molar-refractivity contribution in [2.75, 3.05) is 11.5 Å². The maximum atomic E-state index is 6.07. The lowest BCUT2D eigenvalue weighted by molar-refractivity contribution is 0.897. The Hall–Kier alpha value is -3.15. The second kappa shape index (κ2) is 5.46. The normalized spacial score (nSPS) is 11.0. The van der Waals surface area contributed by atoms with E-state index in [1.54, 1.807) is 4.68 Å². The van der Waals surface area contributed by atoms with Crippen LogP contribution in [0.4, 0.5) is 23.0 Å². The summed E-state index contributed by atoms with van der Waals surface area (Å²) in [6.45, 7) is 0. The maximum Gasteiger partial charge on any atom is 0.176 e. The highest BCUT2D eigenvalue weighted by Crippen LogP contribution is 2.32. The van der Waals surface area contributed by atoms with Crippen LogP contribution in [0.3, 0.4) is 0 Å². The predicted octanol–water partition coefficient (Wildman–Crippen LogP) is 3.45.